The smallest absolute Gasteiger partial charge is 0.240 e. The lowest BCUT2D eigenvalue weighted by atomic mass is 9.98. The molecule has 0 aliphatic carbocycles. The van der Waals surface area contributed by atoms with E-state index in [1.807, 2.05) is 30.3 Å². The minimum Gasteiger partial charge on any atom is -0.370 e. The van der Waals surface area contributed by atoms with Crippen molar-refractivity contribution in [3.63, 3.8) is 0 Å². The summed E-state index contributed by atoms with van der Waals surface area (Å²) in [6, 6.07) is 6.93. The normalized spacial score (nSPS) is 18.1. The van der Waals surface area contributed by atoms with Crippen LogP contribution in [0.1, 0.15) is 31.2 Å². The molecular formula is C20H30N6O3. The Morgan fingerprint density at radius 2 is 1.79 bits per heavy atom. The Labute approximate surface area is 170 Å². The van der Waals surface area contributed by atoms with Gasteiger partial charge in [0.15, 0.2) is 5.96 Å². The van der Waals surface area contributed by atoms with Crippen LogP contribution in [0.2, 0.25) is 0 Å². The number of nitrogens with zero attached hydrogens (tertiary/aromatic N) is 2. The van der Waals surface area contributed by atoms with Gasteiger partial charge in [0.05, 0.1) is 18.1 Å². The Morgan fingerprint density at radius 1 is 1.10 bits per heavy atom. The Balaban J connectivity index is 1.94. The molecule has 3 atom stereocenters. The van der Waals surface area contributed by atoms with Crippen molar-refractivity contribution in [2.75, 3.05) is 13.1 Å². The largest absolute Gasteiger partial charge is 0.370 e. The summed E-state index contributed by atoms with van der Waals surface area (Å²) in [6.45, 7) is 0.741. The maximum Gasteiger partial charge on any atom is 0.240 e. The highest BCUT2D eigenvalue weighted by molar-refractivity contribution is 6.41. The number of amides is 1. The van der Waals surface area contributed by atoms with E-state index in [4.69, 9.17) is 22.9 Å². The summed E-state index contributed by atoms with van der Waals surface area (Å²) >= 11 is 0. The van der Waals surface area contributed by atoms with Crippen LogP contribution in [0.4, 0.5) is 0 Å². The Hall–Kier alpha value is -2.78. The van der Waals surface area contributed by atoms with E-state index >= 15 is 0 Å². The molecule has 1 aromatic rings. The fourth-order valence-electron chi connectivity index (χ4n) is 3.47. The van der Waals surface area contributed by atoms with Crippen LogP contribution in [-0.2, 0) is 20.8 Å². The van der Waals surface area contributed by atoms with Gasteiger partial charge in [-0.2, -0.15) is 0 Å². The van der Waals surface area contributed by atoms with Gasteiger partial charge in [-0.05, 0) is 37.7 Å². The number of likely N-dealkylation sites (tertiary alicyclic amines) is 1. The van der Waals surface area contributed by atoms with Gasteiger partial charge >= 0.3 is 0 Å². The maximum absolute atomic E-state index is 12.8. The van der Waals surface area contributed by atoms with E-state index in [1.165, 1.54) is 4.90 Å². The monoisotopic (exact) mass is 402 g/mol. The molecule has 1 saturated heterocycles. The van der Waals surface area contributed by atoms with Gasteiger partial charge < -0.3 is 27.8 Å². The molecule has 2 rings (SSSR count). The molecule has 0 radical (unpaired) electrons. The van der Waals surface area contributed by atoms with Crippen LogP contribution >= 0.6 is 0 Å². The molecule has 0 spiro atoms. The van der Waals surface area contributed by atoms with E-state index in [2.05, 4.69) is 4.99 Å². The SMILES string of the molecule is NC(N)=NCCC[C@H](N)C(=O)C(=O)[C@@H]1CCCN1C(=O)[C@H](N)Cc1ccccc1. The van der Waals surface area contributed by atoms with Crippen molar-refractivity contribution in [1.29, 1.82) is 0 Å². The van der Waals surface area contributed by atoms with Crippen LogP contribution in [0.3, 0.4) is 0 Å². The number of aliphatic imine (C=N–C) groups is 1. The maximum atomic E-state index is 12.8. The third kappa shape index (κ3) is 6.37. The van der Waals surface area contributed by atoms with Gasteiger partial charge in [0, 0.05) is 13.1 Å². The first-order valence-electron chi connectivity index (χ1n) is 9.80. The molecule has 0 saturated carbocycles. The zero-order valence-electron chi connectivity index (χ0n) is 16.5. The number of ketones is 2. The molecule has 1 aromatic carbocycles. The van der Waals surface area contributed by atoms with Crippen molar-refractivity contribution in [1.82, 2.24) is 4.90 Å². The fraction of sp³-hybridized carbons (Fsp3) is 0.500. The molecular weight excluding hydrogens is 372 g/mol. The Bertz CT molecular complexity index is 748. The number of hydrogen-bond acceptors (Lipinski definition) is 6. The quantitative estimate of drug-likeness (QED) is 0.169. The van der Waals surface area contributed by atoms with E-state index < -0.39 is 29.7 Å². The van der Waals surface area contributed by atoms with Crippen LogP contribution in [0.5, 0.6) is 0 Å². The van der Waals surface area contributed by atoms with E-state index in [1.54, 1.807) is 0 Å². The highest BCUT2D eigenvalue weighted by Crippen LogP contribution is 2.21. The number of Topliss-reactive ketones (excluding diaryl/α,β-unsaturated/α-hetero) is 2. The minimum absolute atomic E-state index is 0.0343. The lowest BCUT2D eigenvalue weighted by molar-refractivity contribution is -0.144. The third-order valence-electron chi connectivity index (χ3n) is 5.00. The van der Waals surface area contributed by atoms with Crippen LogP contribution < -0.4 is 22.9 Å². The topological polar surface area (TPSA) is 171 Å². The molecule has 158 valence electrons. The molecule has 1 heterocycles. The van der Waals surface area contributed by atoms with Crippen molar-refractivity contribution >= 4 is 23.4 Å². The second kappa shape index (κ2) is 10.7. The van der Waals surface area contributed by atoms with Gasteiger partial charge in [0.1, 0.15) is 0 Å². The molecule has 29 heavy (non-hydrogen) atoms. The predicted molar refractivity (Wildman–Crippen MR) is 111 cm³/mol. The predicted octanol–water partition coefficient (Wildman–Crippen LogP) is -0.933. The average Bonchev–Trinajstić information content (AvgIpc) is 3.19. The summed E-state index contributed by atoms with van der Waals surface area (Å²) in [5.74, 6) is -1.65. The van der Waals surface area contributed by atoms with E-state index in [0.717, 1.165) is 5.56 Å². The number of rotatable bonds is 10. The molecule has 9 nitrogen and oxygen atoms in total. The summed E-state index contributed by atoms with van der Waals surface area (Å²) in [6.07, 6.45) is 2.22. The number of guanidine groups is 1. The zero-order chi connectivity index (χ0) is 21.4. The van der Waals surface area contributed by atoms with Gasteiger partial charge in [0.25, 0.3) is 0 Å². The lowest BCUT2D eigenvalue weighted by Crippen LogP contribution is -2.52. The van der Waals surface area contributed by atoms with Crippen LogP contribution in [-0.4, -0.2) is 59.5 Å². The van der Waals surface area contributed by atoms with Crippen molar-refractivity contribution in [2.45, 2.75) is 50.2 Å². The van der Waals surface area contributed by atoms with E-state index in [-0.39, 0.29) is 18.3 Å². The van der Waals surface area contributed by atoms with Crippen molar-refractivity contribution in [3.8, 4) is 0 Å². The zero-order valence-corrected chi connectivity index (χ0v) is 16.5. The highest BCUT2D eigenvalue weighted by Gasteiger charge is 2.39. The summed E-state index contributed by atoms with van der Waals surface area (Å²) in [7, 11) is 0. The minimum atomic E-state index is -0.938. The molecule has 8 N–H and O–H groups in total. The highest BCUT2D eigenvalue weighted by atomic mass is 16.2. The number of hydrogen-bond donors (Lipinski definition) is 4. The van der Waals surface area contributed by atoms with Gasteiger partial charge in [-0.15, -0.1) is 0 Å². The number of nitrogens with two attached hydrogens (primary N) is 4. The lowest BCUT2D eigenvalue weighted by Gasteiger charge is -2.26. The first-order chi connectivity index (χ1) is 13.8. The molecule has 1 aliphatic heterocycles. The van der Waals surface area contributed by atoms with Gasteiger partial charge in [0.2, 0.25) is 17.5 Å². The summed E-state index contributed by atoms with van der Waals surface area (Å²) in [4.78, 5) is 43.2. The molecule has 0 bridgehead atoms. The van der Waals surface area contributed by atoms with Crippen molar-refractivity contribution < 1.29 is 14.4 Å². The van der Waals surface area contributed by atoms with Gasteiger partial charge in [-0.25, -0.2) is 0 Å². The molecule has 9 heteroatoms. The molecule has 1 aliphatic rings. The molecule has 1 amide bonds. The average molecular weight is 402 g/mol. The molecule has 1 fully saturated rings. The molecule has 0 unspecified atom stereocenters. The van der Waals surface area contributed by atoms with Gasteiger partial charge in [-0.3, -0.25) is 19.4 Å². The second-order valence-corrected chi connectivity index (χ2v) is 7.27. The van der Waals surface area contributed by atoms with E-state index in [9.17, 15) is 14.4 Å². The van der Waals surface area contributed by atoms with Crippen molar-refractivity contribution in [3.05, 3.63) is 35.9 Å². The van der Waals surface area contributed by atoms with E-state index in [0.29, 0.717) is 38.8 Å². The Kier molecular flexibility index (Phi) is 8.29. The van der Waals surface area contributed by atoms with Gasteiger partial charge in [-0.1, -0.05) is 30.3 Å². The standard InChI is InChI=1S/C20H30N6O3/c21-14(8-4-10-25-20(23)24)17(27)18(28)16-9-5-11-26(16)19(29)15(22)12-13-6-2-1-3-7-13/h1-3,6-7,14-16H,4-5,8-12,21-22H2,(H4,23,24,25)/t14-,15+,16-/m0/s1. The van der Waals surface area contributed by atoms with Crippen molar-refractivity contribution in [2.24, 2.45) is 27.9 Å². The number of carbonyl (C=O) groups is 3. The van der Waals surface area contributed by atoms with Crippen LogP contribution in [0, 0.1) is 0 Å². The number of carbonyl (C=O) groups excluding carboxylic acids is 3. The first kappa shape index (κ1) is 22.5. The summed E-state index contributed by atoms with van der Waals surface area (Å²) in [5, 5.41) is 0. The Morgan fingerprint density at radius 3 is 2.45 bits per heavy atom. The van der Waals surface area contributed by atoms with Crippen LogP contribution in [0.15, 0.2) is 35.3 Å². The summed E-state index contributed by atoms with van der Waals surface area (Å²) < 4.78 is 0. The van der Waals surface area contributed by atoms with Crippen LogP contribution in [0.25, 0.3) is 0 Å². The summed E-state index contributed by atoms with van der Waals surface area (Å²) in [5.41, 5.74) is 23.4. The second-order valence-electron chi connectivity index (χ2n) is 7.27. The first-order valence-corrected chi connectivity index (χ1v) is 9.80. The third-order valence-corrected chi connectivity index (χ3v) is 5.00. The number of benzene rings is 1. The molecule has 0 aromatic heterocycles. The fourth-order valence-corrected chi connectivity index (χ4v) is 3.47.